The number of aromatic nitrogens is 3. The van der Waals surface area contributed by atoms with Crippen molar-refractivity contribution in [2.75, 3.05) is 23.7 Å². The number of hydrogen-bond donors (Lipinski definition) is 1. The summed E-state index contributed by atoms with van der Waals surface area (Å²) in [5.41, 5.74) is 5.42. The highest BCUT2D eigenvalue weighted by molar-refractivity contribution is 7.99. The molecule has 2 rings (SSSR count). The van der Waals surface area contributed by atoms with Crippen molar-refractivity contribution in [1.29, 1.82) is 0 Å². The van der Waals surface area contributed by atoms with Gasteiger partial charge in [-0.25, -0.2) is 4.98 Å². The lowest BCUT2D eigenvalue weighted by Gasteiger charge is -2.15. The molecule has 2 aromatic rings. The second kappa shape index (κ2) is 7.60. The van der Waals surface area contributed by atoms with Gasteiger partial charge in [0.1, 0.15) is 4.70 Å². The Morgan fingerprint density at radius 2 is 2.13 bits per heavy atom. The van der Waals surface area contributed by atoms with E-state index < -0.39 is 5.91 Å². The first-order chi connectivity index (χ1) is 11.0. The van der Waals surface area contributed by atoms with Crippen LogP contribution in [-0.2, 0) is 11.3 Å². The number of amides is 1. The van der Waals surface area contributed by atoms with Gasteiger partial charge in [-0.05, 0) is 13.8 Å². The topological polar surface area (TPSA) is 94.1 Å². The molecule has 0 aliphatic heterocycles. The predicted octanol–water partition coefficient (Wildman–Crippen LogP) is 1.46. The van der Waals surface area contributed by atoms with E-state index in [2.05, 4.69) is 21.4 Å². The molecule has 0 aliphatic rings. The zero-order chi connectivity index (χ0) is 17.0. The highest BCUT2D eigenvalue weighted by atomic mass is 32.2. The second-order valence-electron chi connectivity index (χ2n) is 4.68. The summed E-state index contributed by atoms with van der Waals surface area (Å²) in [6, 6.07) is 0. The van der Waals surface area contributed by atoms with Gasteiger partial charge in [-0.2, -0.15) is 4.98 Å². The third-order valence-electron chi connectivity index (χ3n) is 3.16. The van der Waals surface area contributed by atoms with Crippen molar-refractivity contribution in [3.8, 4) is 0 Å². The molecular weight excluding hydrogens is 334 g/mol. The summed E-state index contributed by atoms with van der Waals surface area (Å²) in [5.74, 6) is -0.404. The minimum Gasteiger partial charge on any atom is -0.369 e. The fraction of sp³-hybridized carbons (Fsp3) is 0.429. The van der Waals surface area contributed by atoms with Crippen molar-refractivity contribution in [3.05, 3.63) is 23.0 Å². The lowest BCUT2D eigenvalue weighted by atomic mass is 10.5. The molecule has 0 atom stereocenters. The van der Waals surface area contributed by atoms with E-state index in [0.717, 1.165) is 30.0 Å². The van der Waals surface area contributed by atoms with E-state index in [1.54, 1.807) is 6.08 Å². The number of fused-ring (bicyclic) bond motifs is 1. The van der Waals surface area contributed by atoms with E-state index in [4.69, 9.17) is 5.73 Å². The zero-order valence-electron chi connectivity index (χ0n) is 13.1. The van der Waals surface area contributed by atoms with Crippen LogP contribution in [0.3, 0.4) is 0 Å². The standard InChI is InChI=1S/C14H19N5O2S2/c1-4-7-19-12(21)10-11(17-14(19)22-8-9(15)20)16-13(23-10)18(5-2)6-3/h4H,1,5-8H2,2-3H3,(H2,15,20). The average molecular weight is 353 g/mol. The second-order valence-corrected chi connectivity index (χ2v) is 6.60. The lowest BCUT2D eigenvalue weighted by Crippen LogP contribution is -2.23. The Balaban J connectivity index is 2.57. The number of hydrogen-bond acceptors (Lipinski definition) is 7. The van der Waals surface area contributed by atoms with Crippen LogP contribution in [0.1, 0.15) is 13.8 Å². The number of anilines is 1. The van der Waals surface area contributed by atoms with Crippen LogP contribution in [0.2, 0.25) is 0 Å². The molecule has 0 saturated carbocycles. The maximum atomic E-state index is 12.7. The number of nitrogens with two attached hydrogens (primary N) is 1. The summed E-state index contributed by atoms with van der Waals surface area (Å²) in [6.45, 7) is 9.67. The minimum absolute atomic E-state index is 0.0577. The van der Waals surface area contributed by atoms with E-state index in [-0.39, 0.29) is 11.3 Å². The van der Waals surface area contributed by atoms with Crippen LogP contribution < -0.4 is 16.2 Å². The first-order valence-electron chi connectivity index (χ1n) is 7.20. The van der Waals surface area contributed by atoms with Crippen LogP contribution in [0, 0.1) is 0 Å². The van der Waals surface area contributed by atoms with Gasteiger partial charge >= 0.3 is 0 Å². The zero-order valence-corrected chi connectivity index (χ0v) is 14.7. The SMILES string of the molecule is C=CCn1c(SCC(N)=O)nc2nc(N(CC)CC)sc2c1=O. The van der Waals surface area contributed by atoms with Gasteiger partial charge in [-0.3, -0.25) is 14.2 Å². The van der Waals surface area contributed by atoms with Crippen molar-refractivity contribution < 1.29 is 4.79 Å². The summed E-state index contributed by atoms with van der Waals surface area (Å²) in [5, 5.41) is 1.20. The van der Waals surface area contributed by atoms with Crippen molar-refractivity contribution in [1.82, 2.24) is 14.5 Å². The molecule has 0 aromatic carbocycles. The number of nitrogens with zero attached hydrogens (tertiary/aromatic N) is 4. The molecule has 0 aliphatic carbocycles. The number of thioether (sulfide) groups is 1. The number of thiazole rings is 1. The van der Waals surface area contributed by atoms with Gasteiger partial charge in [0.15, 0.2) is 15.9 Å². The van der Waals surface area contributed by atoms with Gasteiger partial charge in [-0.1, -0.05) is 29.2 Å². The van der Waals surface area contributed by atoms with E-state index in [1.807, 2.05) is 13.8 Å². The van der Waals surface area contributed by atoms with Gasteiger partial charge < -0.3 is 10.6 Å². The molecule has 0 spiro atoms. The fourth-order valence-electron chi connectivity index (χ4n) is 2.04. The Hall–Kier alpha value is -1.87. The molecule has 23 heavy (non-hydrogen) atoms. The molecule has 2 N–H and O–H groups in total. The summed E-state index contributed by atoms with van der Waals surface area (Å²) < 4.78 is 2.00. The molecule has 2 aromatic heterocycles. The Morgan fingerprint density at radius 3 is 2.70 bits per heavy atom. The lowest BCUT2D eigenvalue weighted by molar-refractivity contribution is -0.115. The Bertz CT molecular complexity index is 779. The number of carbonyl (C=O) groups excluding carboxylic acids is 1. The Morgan fingerprint density at radius 1 is 1.43 bits per heavy atom. The highest BCUT2D eigenvalue weighted by Gasteiger charge is 2.17. The number of allylic oxidation sites excluding steroid dienone is 1. The summed E-state index contributed by atoms with van der Waals surface area (Å²) in [4.78, 5) is 34.7. The van der Waals surface area contributed by atoms with Crippen LogP contribution in [0.15, 0.2) is 22.6 Å². The maximum absolute atomic E-state index is 12.7. The number of carbonyl (C=O) groups is 1. The van der Waals surface area contributed by atoms with Gasteiger partial charge in [0, 0.05) is 19.6 Å². The minimum atomic E-state index is -0.461. The molecule has 7 nitrogen and oxygen atoms in total. The highest BCUT2D eigenvalue weighted by Crippen LogP contribution is 2.27. The van der Waals surface area contributed by atoms with Crippen LogP contribution in [0.4, 0.5) is 5.13 Å². The van der Waals surface area contributed by atoms with E-state index >= 15 is 0 Å². The third-order valence-corrected chi connectivity index (χ3v) is 5.25. The first kappa shape index (κ1) is 17.5. The van der Waals surface area contributed by atoms with Gasteiger partial charge in [0.05, 0.1) is 5.75 Å². The van der Waals surface area contributed by atoms with Gasteiger partial charge in [-0.15, -0.1) is 6.58 Å². The van der Waals surface area contributed by atoms with E-state index in [0.29, 0.717) is 22.0 Å². The van der Waals surface area contributed by atoms with Gasteiger partial charge in [0.25, 0.3) is 5.56 Å². The van der Waals surface area contributed by atoms with Crippen LogP contribution in [0.25, 0.3) is 10.3 Å². The Kier molecular flexibility index (Phi) is 5.78. The largest absolute Gasteiger partial charge is 0.369 e. The summed E-state index contributed by atoms with van der Waals surface area (Å²) >= 11 is 2.47. The molecule has 0 radical (unpaired) electrons. The van der Waals surface area contributed by atoms with E-state index in [9.17, 15) is 9.59 Å². The van der Waals surface area contributed by atoms with Crippen LogP contribution in [0.5, 0.6) is 0 Å². The average Bonchev–Trinajstić information content (AvgIpc) is 2.93. The summed E-state index contributed by atoms with van der Waals surface area (Å²) in [6.07, 6.45) is 1.62. The van der Waals surface area contributed by atoms with Crippen molar-refractivity contribution in [2.24, 2.45) is 5.73 Å². The molecule has 0 unspecified atom stereocenters. The molecule has 1 amide bonds. The third kappa shape index (κ3) is 3.73. The Labute approximate surface area is 142 Å². The molecular formula is C14H19N5O2S2. The molecule has 2 heterocycles. The molecule has 0 fully saturated rings. The van der Waals surface area contributed by atoms with Crippen LogP contribution >= 0.6 is 23.1 Å². The number of primary amides is 1. The van der Waals surface area contributed by atoms with Gasteiger partial charge in [0.2, 0.25) is 5.91 Å². The van der Waals surface area contributed by atoms with Crippen molar-refractivity contribution in [3.63, 3.8) is 0 Å². The van der Waals surface area contributed by atoms with Crippen LogP contribution in [-0.4, -0.2) is 39.3 Å². The smallest absolute Gasteiger partial charge is 0.274 e. The number of rotatable bonds is 8. The maximum Gasteiger partial charge on any atom is 0.274 e. The molecule has 9 heteroatoms. The molecule has 0 saturated heterocycles. The van der Waals surface area contributed by atoms with E-state index in [1.165, 1.54) is 15.9 Å². The molecule has 124 valence electrons. The first-order valence-corrected chi connectivity index (χ1v) is 9.00. The van der Waals surface area contributed by atoms with Crippen molar-refractivity contribution >= 4 is 44.5 Å². The van der Waals surface area contributed by atoms with Crippen molar-refractivity contribution in [2.45, 2.75) is 25.5 Å². The predicted molar refractivity (Wildman–Crippen MR) is 95.4 cm³/mol. The summed E-state index contributed by atoms with van der Waals surface area (Å²) in [7, 11) is 0. The monoisotopic (exact) mass is 353 g/mol. The fourth-order valence-corrected chi connectivity index (χ4v) is 3.86. The quantitative estimate of drug-likeness (QED) is 0.439. The molecule has 0 bridgehead atoms. The normalized spacial score (nSPS) is 10.9.